The first kappa shape index (κ1) is 21.6. The second-order valence-corrected chi connectivity index (χ2v) is 9.46. The zero-order chi connectivity index (χ0) is 22.0. The first-order chi connectivity index (χ1) is 14.8. The Morgan fingerprint density at radius 1 is 1.03 bits per heavy atom. The van der Waals surface area contributed by atoms with Crippen LogP contribution in [0.2, 0.25) is 0 Å². The summed E-state index contributed by atoms with van der Waals surface area (Å²) in [6.07, 6.45) is 2.97. The summed E-state index contributed by atoms with van der Waals surface area (Å²) in [4.78, 5) is 29.9. The van der Waals surface area contributed by atoms with E-state index in [9.17, 15) is 9.59 Å². The van der Waals surface area contributed by atoms with Crippen molar-refractivity contribution in [2.75, 3.05) is 26.2 Å². The van der Waals surface area contributed by atoms with Crippen molar-refractivity contribution in [1.29, 1.82) is 0 Å². The number of hydrogen-bond donors (Lipinski definition) is 0. The largest absolute Gasteiger partial charge is 0.444 e. The number of piperazine rings is 1. The third-order valence-corrected chi connectivity index (χ3v) is 5.75. The van der Waals surface area contributed by atoms with Crippen LogP contribution in [0, 0.1) is 0 Å². The number of rotatable bonds is 5. The summed E-state index contributed by atoms with van der Waals surface area (Å²) in [7, 11) is 0. The number of benzene rings is 2. The van der Waals surface area contributed by atoms with E-state index in [0.717, 1.165) is 23.6 Å². The third kappa shape index (κ3) is 5.37. The Kier molecular flexibility index (Phi) is 6.19. The van der Waals surface area contributed by atoms with Crippen LogP contribution < -0.4 is 0 Å². The van der Waals surface area contributed by atoms with Crippen LogP contribution in [0.25, 0.3) is 10.8 Å². The maximum atomic E-state index is 13.4. The molecule has 2 amide bonds. The number of amides is 2. The van der Waals surface area contributed by atoms with Gasteiger partial charge in [0, 0.05) is 31.8 Å². The summed E-state index contributed by atoms with van der Waals surface area (Å²) >= 11 is 0. The lowest BCUT2D eigenvalue weighted by atomic mass is 10.0. The van der Waals surface area contributed by atoms with Gasteiger partial charge in [-0.05, 0) is 56.9 Å². The number of nitrogens with zero attached hydrogens (tertiary/aromatic N) is 2. The van der Waals surface area contributed by atoms with Crippen LogP contribution in [-0.4, -0.2) is 65.8 Å². The highest BCUT2D eigenvalue weighted by atomic mass is 16.6. The fourth-order valence-corrected chi connectivity index (χ4v) is 4.04. The molecule has 1 aliphatic heterocycles. The maximum Gasteiger partial charge on any atom is 0.410 e. The normalized spacial score (nSPS) is 19.5. The first-order valence-electron chi connectivity index (χ1n) is 11.2. The Labute approximate surface area is 184 Å². The number of carbonyl (C=O) groups excluding carboxylic acids is 2. The lowest BCUT2D eigenvalue weighted by molar-refractivity contribution is -0.00734. The van der Waals surface area contributed by atoms with Gasteiger partial charge in [-0.3, -0.25) is 4.79 Å². The van der Waals surface area contributed by atoms with Gasteiger partial charge in [0.1, 0.15) is 5.60 Å². The molecule has 2 aliphatic rings. The van der Waals surface area contributed by atoms with Gasteiger partial charge in [-0.2, -0.15) is 0 Å². The van der Waals surface area contributed by atoms with Crippen molar-refractivity contribution in [2.45, 2.75) is 57.8 Å². The molecule has 0 N–H and O–H groups in total. The molecule has 0 bridgehead atoms. The van der Waals surface area contributed by atoms with Gasteiger partial charge in [-0.1, -0.05) is 36.4 Å². The Hall–Kier alpha value is -2.60. The van der Waals surface area contributed by atoms with Crippen LogP contribution in [0.4, 0.5) is 4.79 Å². The molecule has 2 aromatic rings. The van der Waals surface area contributed by atoms with Crippen LogP contribution in [0.15, 0.2) is 42.5 Å². The minimum Gasteiger partial charge on any atom is -0.444 e. The predicted molar refractivity (Wildman–Crippen MR) is 120 cm³/mol. The monoisotopic (exact) mass is 424 g/mol. The highest BCUT2D eigenvalue weighted by Gasteiger charge is 2.35. The summed E-state index contributed by atoms with van der Waals surface area (Å²) in [6, 6.07) is 13.6. The maximum absolute atomic E-state index is 13.4. The van der Waals surface area contributed by atoms with Crippen molar-refractivity contribution in [3.05, 3.63) is 48.0 Å². The van der Waals surface area contributed by atoms with E-state index in [0.29, 0.717) is 44.3 Å². The number of ether oxygens (including phenoxy) is 2. The van der Waals surface area contributed by atoms with Crippen molar-refractivity contribution < 1.29 is 19.1 Å². The molecule has 166 valence electrons. The van der Waals surface area contributed by atoms with Crippen molar-refractivity contribution in [1.82, 2.24) is 9.80 Å². The second-order valence-electron chi connectivity index (χ2n) is 9.46. The molecule has 1 saturated heterocycles. The van der Waals surface area contributed by atoms with Crippen LogP contribution in [0.5, 0.6) is 0 Å². The van der Waals surface area contributed by atoms with Gasteiger partial charge in [-0.25, -0.2) is 4.79 Å². The van der Waals surface area contributed by atoms with Gasteiger partial charge < -0.3 is 19.3 Å². The van der Waals surface area contributed by atoms with Gasteiger partial charge in [0.2, 0.25) is 0 Å². The highest BCUT2D eigenvalue weighted by Crippen LogP contribution is 2.26. The lowest BCUT2D eigenvalue weighted by Gasteiger charge is -2.41. The Morgan fingerprint density at radius 2 is 1.77 bits per heavy atom. The molecule has 1 unspecified atom stereocenters. The summed E-state index contributed by atoms with van der Waals surface area (Å²) in [6.45, 7) is 7.63. The van der Waals surface area contributed by atoms with Crippen LogP contribution >= 0.6 is 0 Å². The average molecular weight is 425 g/mol. The molecule has 1 aliphatic carbocycles. The summed E-state index contributed by atoms with van der Waals surface area (Å²) < 4.78 is 11.5. The van der Waals surface area contributed by atoms with Gasteiger partial charge in [-0.15, -0.1) is 0 Å². The molecule has 6 heteroatoms. The Morgan fingerprint density at radius 3 is 2.52 bits per heavy atom. The Balaban J connectivity index is 1.50. The van der Waals surface area contributed by atoms with Crippen molar-refractivity contribution in [2.24, 2.45) is 0 Å². The molecular formula is C25H32N2O4. The van der Waals surface area contributed by atoms with Gasteiger partial charge >= 0.3 is 6.09 Å². The van der Waals surface area contributed by atoms with Crippen LogP contribution in [0.3, 0.4) is 0 Å². The van der Waals surface area contributed by atoms with E-state index < -0.39 is 5.60 Å². The number of carbonyl (C=O) groups is 2. The molecular weight excluding hydrogens is 392 g/mol. The topological polar surface area (TPSA) is 59.1 Å². The fourth-order valence-electron chi connectivity index (χ4n) is 4.04. The lowest BCUT2D eigenvalue weighted by Crippen LogP contribution is -2.57. The SMILES string of the molecule is CC(C)(C)OC(=O)N1CCN(C(=O)c2cccc3ccccc23)CC1CCOC1CC1. The minimum absolute atomic E-state index is 0.00810. The van der Waals surface area contributed by atoms with E-state index in [2.05, 4.69) is 0 Å². The third-order valence-electron chi connectivity index (χ3n) is 5.75. The molecule has 0 aromatic heterocycles. The van der Waals surface area contributed by atoms with Crippen molar-refractivity contribution in [3.63, 3.8) is 0 Å². The van der Waals surface area contributed by atoms with Gasteiger partial charge in [0.25, 0.3) is 5.91 Å². The Bertz CT molecular complexity index is 943. The first-order valence-corrected chi connectivity index (χ1v) is 11.2. The quantitative estimate of drug-likeness (QED) is 0.711. The number of fused-ring (bicyclic) bond motifs is 1. The standard InChI is InChI=1S/C25H32N2O4/c1-25(2,3)31-24(29)27-15-14-26(17-19(27)13-16-30-20-11-12-20)23(28)22-10-6-8-18-7-4-5-9-21(18)22/h4-10,19-20H,11-17H2,1-3H3. The predicted octanol–water partition coefficient (Wildman–Crippen LogP) is 4.47. The molecule has 6 nitrogen and oxygen atoms in total. The fraction of sp³-hybridized carbons (Fsp3) is 0.520. The molecule has 4 rings (SSSR count). The molecule has 0 spiro atoms. The zero-order valence-electron chi connectivity index (χ0n) is 18.7. The minimum atomic E-state index is -0.554. The number of hydrogen-bond acceptors (Lipinski definition) is 4. The highest BCUT2D eigenvalue weighted by molar-refractivity contribution is 6.07. The summed E-state index contributed by atoms with van der Waals surface area (Å²) in [5.74, 6) is 0.00810. The zero-order valence-corrected chi connectivity index (χ0v) is 18.7. The molecule has 1 atom stereocenters. The molecule has 0 radical (unpaired) electrons. The molecule has 1 heterocycles. The average Bonchev–Trinajstić information content (AvgIpc) is 3.56. The summed E-state index contributed by atoms with van der Waals surface area (Å²) in [5, 5.41) is 2.01. The van der Waals surface area contributed by atoms with Gasteiger partial charge in [0.05, 0.1) is 12.1 Å². The molecule has 2 aromatic carbocycles. The van der Waals surface area contributed by atoms with E-state index in [4.69, 9.17) is 9.47 Å². The smallest absolute Gasteiger partial charge is 0.410 e. The van der Waals surface area contributed by atoms with Crippen LogP contribution in [-0.2, 0) is 9.47 Å². The second kappa shape index (κ2) is 8.87. The van der Waals surface area contributed by atoms with Crippen molar-refractivity contribution >= 4 is 22.8 Å². The van der Waals surface area contributed by atoms with Crippen molar-refractivity contribution in [3.8, 4) is 0 Å². The molecule has 2 fully saturated rings. The van der Waals surface area contributed by atoms with Gasteiger partial charge in [0.15, 0.2) is 0 Å². The van der Waals surface area contributed by atoms with E-state index >= 15 is 0 Å². The van der Waals surface area contributed by atoms with E-state index in [-0.39, 0.29) is 18.0 Å². The summed E-state index contributed by atoms with van der Waals surface area (Å²) in [5.41, 5.74) is 0.152. The van der Waals surface area contributed by atoms with Crippen LogP contribution in [0.1, 0.15) is 50.4 Å². The van der Waals surface area contributed by atoms with E-state index in [1.807, 2.05) is 68.1 Å². The van der Waals surface area contributed by atoms with E-state index in [1.54, 1.807) is 4.90 Å². The molecule has 1 saturated carbocycles. The molecule has 31 heavy (non-hydrogen) atoms. The van der Waals surface area contributed by atoms with E-state index in [1.165, 1.54) is 0 Å².